The van der Waals surface area contributed by atoms with Gasteiger partial charge in [0.1, 0.15) is 6.07 Å². The smallest absolute Gasteiger partial charge is 0.320 e. The summed E-state index contributed by atoms with van der Waals surface area (Å²) in [7, 11) is 0. The maximum absolute atomic E-state index is 12.4. The van der Waals surface area contributed by atoms with Crippen molar-refractivity contribution in [2.75, 3.05) is 18.4 Å². The minimum Gasteiger partial charge on any atom is -0.320 e. The Morgan fingerprint density at radius 1 is 1.23 bits per heavy atom. The molecule has 0 unspecified atom stereocenters. The quantitative estimate of drug-likeness (QED) is 0.895. The highest BCUT2D eigenvalue weighted by Gasteiger charge is 2.18. The number of benzene rings is 1. The molecule has 3 rings (SSSR count). The predicted molar refractivity (Wildman–Crippen MR) is 103 cm³/mol. The van der Waals surface area contributed by atoms with Gasteiger partial charge in [0.25, 0.3) is 0 Å². The highest BCUT2D eigenvalue weighted by atomic mass is 16.2. The molecule has 26 heavy (non-hydrogen) atoms. The Balaban J connectivity index is 1.60. The van der Waals surface area contributed by atoms with E-state index >= 15 is 0 Å². The van der Waals surface area contributed by atoms with Crippen molar-refractivity contribution >= 4 is 17.3 Å². The van der Waals surface area contributed by atoms with Crippen LogP contribution in [0.2, 0.25) is 0 Å². The van der Waals surface area contributed by atoms with Gasteiger partial charge in [-0.3, -0.25) is 4.98 Å². The van der Waals surface area contributed by atoms with E-state index in [9.17, 15) is 4.79 Å². The number of anilines is 1. The Kier molecular flexibility index (Phi) is 5.33. The number of aromatic nitrogens is 1. The molecule has 0 saturated carbocycles. The zero-order chi connectivity index (χ0) is 18.5. The fraction of sp³-hybridized carbons (Fsp3) is 0.286. The van der Waals surface area contributed by atoms with Crippen LogP contribution >= 0.6 is 0 Å². The largest absolute Gasteiger partial charge is 0.322 e. The summed E-state index contributed by atoms with van der Waals surface area (Å²) in [6, 6.07) is 13.6. The van der Waals surface area contributed by atoms with Crippen molar-refractivity contribution in [3.8, 4) is 6.07 Å². The molecule has 0 fully saturated rings. The van der Waals surface area contributed by atoms with Gasteiger partial charge >= 0.3 is 6.03 Å². The molecule has 2 heterocycles. The first kappa shape index (κ1) is 17.7. The molecule has 0 spiro atoms. The number of carbonyl (C=O) groups is 1. The van der Waals surface area contributed by atoms with E-state index in [1.807, 2.05) is 36.4 Å². The van der Waals surface area contributed by atoms with Gasteiger partial charge in [0.2, 0.25) is 0 Å². The monoisotopic (exact) mass is 346 g/mol. The highest BCUT2D eigenvalue weighted by molar-refractivity contribution is 5.90. The van der Waals surface area contributed by atoms with Crippen LogP contribution < -0.4 is 5.32 Å². The summed E-state index contributed by atoms with van der Waals surface area (Å²) >= 11 is 0. The number of pyridine rings is 1. The van der Waals surface area contributed by atoms with Crippen LogP contribution in [0, 0.1) is 11.3 Å². The molecular weight excluding hydrogens is 324 g/mol. The average molecular weight is 346 g/mol. The van der Waals surface area contributed by atoms with Crippen molar-refractivity contribution in [1.29, 1.82) is 5.26 Å². The van der Waals surface area contributed by atoms with Crippen molar-refractivity contribution < 1.29 is 4.79 Å². The minimum atomic E-state index is -0.0922. The Bertz CT molecular complexity index is 845. The number of urea groups is 1. The molecule has 0 aliphatic carbocycles. The maximum atomic E-state index is 12.4. The topological polar surface area (TPSA) is 69.0 Å². The SMILES string of the molecule is CC(C)c1ccc(NC(=O)N2CC=C(c3ccc(C#N)cn3)CC2)cc1. The van der Waals surface area contributed by atoms with Crippen LogP contribution in [0.25, 0.3) is 5.57 Å². The Hall–Kier alpha value is -3.13. The van der Waals surface area contributed by atoms with Crippen LogP contribution in [-0.2, 0) is 0 Å². The lowest BCUT2D eigenvalue weighted by Crippen LogP contribution is -2.37. The molecule has 132 valence electrons. The van der Waals surface area contributed by atoms with E-state index in [-0.39, 0.29) is 6.03 Å². The number of hydrogen-bond acceptors (Lipinski definition) is 3. The molecule has 5 heteroatoms. The fourth-order valence-corrected chi connectivity index (χ4v) is 2.89. The predicted octanol–water partition coefficient (Wildman–Crippen LogP) is 4.40. The van der Waals surface area contributed by atoms with E-state index in [1.165, 1.54) is 5.56 Å². The standard InChI is InChI=1S/C21H22N4O/c1-15(2)17-4-6-19(7-5-17)24-21(26)25-11-9-18(10-12-25)20-8-3-16(13-22)14-23-20/h3-9,14-15H,10-12H2,1-2H3,(H,24,26). The molecule has 1 aromatic carbocycles. The van der Waals surface area contributed by atoms with Crippen molar-refractivity contribution in [2.45, 2.75) is 26.2 Å². The number of carbonyl (C=O) groups excluding carboxylic acids is 1. The summed E-state index contributed by atoms with van der Waals surface area (Å²) in [6.07, 6.45) is 4.36. The van der Waals surface area contributed by atoms with E-state index in [2.05, 4.69) is 30.2 Å². The van der Waals surface area contributed by atoms with Crippen LogP contribution in [0.3, 0.4) is 0 Å². The van der Waals surface area contributed by atoms with Crippen LogP contribution in [-0.4, -0.2) is 29.0 Å². The summed E-state index contributed by atoms with van der Waals surface area (Å²) in [5.74, 6) is 0.473. The number of rotatable bonds is 3. The third kappa shape index (κ3) is 4.09. The van der Waals surface area contributed by atoms with Crippen LogP contribution in [0.15, 0.2) is 48.7 Å². The lowest BCUT2D eigenvalue weighted by atomic mass is 10.0. The molecule has 1 aliphatic rings. The number of nitrogens with one attached hydrogen (secondary N) is 1. The number of amides is 2. The van der Waals surface area contributed by atoms with Gasteiger partial charge < -0.3 is 10.2 Å². The molecule has 5 nitrogen and oxygen atoms in total. The molecule has 1 aliphatic heterocycles. The lowest BCUT2D eigenvalue weighted by molar-refractivity contribution is 0.217. The zero-order valence-corrected chi connectivity index (χ0v) is 15.1. The van der Waals surface area contributed by atoms with Gasteiger partial charge in [-0.05, 0) is 47.7 Å². The van der Waals surface area contributed by atoms with Gasteiger partial charge in [-0.2, -0.15) is 5.26 Å². The second-order valence-corrected chi connectivity index (χ2v) is 6.68. The van der Waals surface area contributed by atoms with Crippen molar-refractivity contribution in [1.82, 2.24) is 9.88 Å². The van der Waals surface area contributed by atoms with Crippen molar-refractivity contribution in [3.63, 3.8) is 0 Å². The molecule has 2 aromatic rings. The number of nitrogens with zero attached hydrogens (tertiary/aromatic N) is 3. The summed E-state index contributed by atoms with van der Waals surface area (Å²) in [5, 5.41) is 11.8. The molecule has 2 amide bonds. The van der Waals surface area contributed by atoms with Crippen molar-refractivity contribution in [2.24, 2.45) is 0 Å². The van der Waals surface area contributed by atoms with E-state index in [1.54, 1.807) is 17.2 Å². The van der Waals surface area contributed by atoms with Gasteiger partial charge in [-0.15, -0.1) is 0 Å². The lowest BCUT2D eigenvalue weighted by Gasteiger charge is -2.26. The van der Waals surface area contributed by atoms with Gasteiger partial charge in [0.15, 0.2) is 0 Å². The Morgan fingerprint density at radius 2 is 2.00 bits per heavy atom. The number of nitriles is 1. The van der Waals surface area contributed by atoms with Gasteiger partial charge in [-0.25, -0.2) is 4.79 Å². The van der Waals surface area contributed by atoms with Gasteiger partial charge in [0, 0.05) is 25.0 Å². The van der Waals surface area contributed by atoms with Crippen molar-refractivity contribution in [3.05, 3.63) is 65.5 Å². The summed E-state index contributed by atoms with van der Waals surface area (Å²) in [5.41, 5.74) is 4.59. The summed E-state index contributed by atoms with van der Waals surface area (Å²) < 4.78 is 0. The van der Waals surface area contributed by atoms with Crippen LogP contribution in [0.5, 0.6) is 0 Å². The summed E-state index contributed by atoms with van der Waals surface area (Å²) in [4.78, 5) is 18.6. The van der Waals surface area contributed by atoms with E-state index < -0.39 is 0 Å². The minimum absolute atomic E-state index is 0.0922. The van der Waals surface area contributed by atoms with Crippen LogP contribution in [0.1, 0.15) is 43.0 Å². The molecule has 0 saturated heterocycles. The molecule has 0 bridgehead atoms. The third-order valence-corrected chi connectivity index (χ3v) is 4.55. The maximum Gasteiger partial charge on any atom is 0.322 e. The second-order valence-electron chi connectivity index (χ2n) is 6.68. The Labute approximate surface area is 154 Å². The second kappa shape index (κ2) is 7.83. The molecule has 0 atom stereocenters. The molecule has 0 radical (unpaired) electrons. The van der Waals surface area contributed by atoms with Gasteiger partial charge in [-0.1, -0.05) is 32.1 Å². The zero-order valence-electron chi connectivity index (χ0n) is 15.1. The van der Waals surface area contributed by atoms with Gasteiger partial charge in [0.05, 0.1) is 11.3 Å². The van der Waals surface area contributed by atoms with E-state index in [0.29, 0.717) is 24.6 Å². The average Bonchev–Trinajstić information content (AvgIpc) is 2.68. The summed E-state index contributed by atoms with van der Waals surface area (Å²) in [6.45, 7) is 5.48. The number of hydrogen-bond donors (Lipinski definition) is 1. The van der Waals surface area contributed by atoms with E-state index in [0.717, 1.165) is 23.4 Å². The highest BCUT2D eigenvalue weighted by Crippen LogP contribution is 2.22. The Morgan fingerprint density at radius 3 is 2.54 bits per heavy atom. The first-order valence-electron chi connectivity index (χ1n) is 8.78. The third-order valence-electron chi connectivity index (χ3n) is 4.55. The first-order valence-corrected chi connectivity index (χ1v) is 8.78. The molecule has 1 N–H and O–H groups in total. The molecule has 1 aromatic heterocycles. The van der Waals surface area contributed by atoms with Crippen LogP contribution in [0.4, 0.5) is 10.5 Å². The fourth-order valence-electron chi connectivity index (χ4n) is 2.89. The first-order chi connectivity index (χ1) is 12.6. The normalized spacial score (nSPS) is 13.9. The molecular formula is C21H22N4O. The van der Waals surface area contributed by atoms with E-state index in [4.69, 9.17) is 5.26 Å².